The molecule has 2 aromatic heterocycles. The molecule has 2 heterocycles. The van der Waals surface area contributed by atoms with Crippen molar-refractivity contribution in [1.29, 1.82) is 0 Å². The van der Waals surface area contributed by atoms with Crippen LogP contribution in [0.5, 0.6) is 11.8 Å². The highest BCUT2D eigenvalue weighted by molar-refractivity contribution is 6.37. The summed E-state index contributed by atoms with van der Waals surface area (Å²) in [5.74, 6) is 0.790. The van der Waals surface area contributed by atoms with Crippen molar-refractivity contribution >= 4 is 34.9 Å². The van der Waals surface area contributed by atoms with Gasteiger partial charge in [0, 0.05) is 42.5 Å². The molecule has 10 nitrogen and oxygen atoms in total. The monoisotopic (exact) mass is 731 g/mol. The minimum atomic E-state index is -0.351. The van der Waals surface area contributed by atoms with Crippen LogP contribution in [0.15, 0.2) is 60.8 Å². The molecule has 3 aliphatic rings. The number of ether oxygens (including phenoxy) is 2. The lowest BCUT2D eigenvalue weighted by Gasteiger charge is -2.20. The summed E-state index contributed by atoms with van der Waals surface area (Å²) in [7, 11) is 1.57. The fraction of sp³-hybridized carbons (Fsp3) is 0.410. The number of aliphatic hydroxyl groups is 2. The van der Waals surface area contributed by atoms with Crippen LogP contribution >= 0.6 is 23.2 Å². The normalized spacial score (nSPS) is 22.6. The van der Waals surface area contributed by atoms with Gasteiger partial charge in [0.25, 0.3) is 5.91 Å². The Labute approximate surface area is 307 Å². The standard InChI is InChI=1S/C39H43Cl2N5O5/c1-50-38-23(21-43-31-11-5-13-33(31)48)18-29(40)39(46-38)51-34-16-15-25-24(6-2-7-26(25)34)27-8-3-9-28(36(27)41)37(49)45-35-17-14-22(20-44-35)19-42-30-10-4-12-32(30)47/h2-3,6-9,14,17-18,20,30-34,42-43,47-48H,4-5,10-13,15-16,19,21H2,1H3,(H,44,45,49)/t30-,31-,32+,33+,34+/m1/s1. The number of aliphatic hydroxyl groups excluding tert-OH is 2. The minimum Gasteiger partial charge on any atom is -0.481 e. The molecule has 0 unspecified atom stereocenters. The lowest BCUT2D eigenvalue weighted by Crippen LogP contribution is -2.35. The Morgan fingerprint density at radius 2 is 1.61 bits per heavy atom. The molecule has 0 aliphatic heterocycles. The van der Waals surface area contributed by atoms with Crippen molar-refractivity contribution in [1.82, 2.24) is 20.6 Å². The van der Waals surface area contributed by atoms with Crippen molar-refractivity contribution in [2.75, 3.05) is 12.4 Å². The van der Waals surface area contributed by atoms with Gasteiger partial charge in [0.15, 0.2) is 0 Å². The Kier molecular flexibility index (Phi) is 11.1. The van der Waals surface area contributed by atoms with Gasteiger partial charge in [-0.25, -0.2) is 4.98 Å². The lowest BCUT2D eigenvalue weighted by molar-refractivity contribution is 0.102. The molecule has 2 aromatic carbocycles. The van der Waals surface area contributed by atoms with Crippen molar-refractivity contribution in [2.45, 2.75) is 94.9 Å². The van der Waals surface area contributed by atoms with E-state index in [1.807, 2.05) is 42.5 Å². The molecule has 0 bridgehead atoms. The average molecular weight is 733 g/mol. The van der Waals surface area contributed by atoms with Gasteiger partial charge >= 0.3 is 0 Å². The molecular weight excluding hydrogens is 689 g/mol. The number of aromatic nitrogens is 2. The number of carbonyl (C=O) groups is 1. The van der Waals surface area contributed by atoms with Crippen molar-refractivity contribution in [3.8, 4) is 22.9 Å². The van der Waals surface area contributed by atoms with Gasteiger partial charge in [-0.2, -0.15) is 4.98 Å². The molecule has 0 saturated heterocycles. The van der Waals surface area contributed by atoms with Crippen LogP contribution < -0.4 is 25.4 Å². The van der Waals surface area contributed by atoms with E-state index in [4.69, 9.17) is 32.7 Å². The van der Waals surface area contributed by atoms with Gasteiger partial charge in [-0.1, -0.05) is 59.6 Å². The molecule has 0 radical (unpaired) electrons. The highest BCUT2D eigenvalue weighted by Crippen LogP contribution is 2.43. The Balaban J connectivity index is 1.04. The van der Waals surface area contributed by atoms with Gasteiger partial charge in [0.2, 0.25) is 11.8 Å². The third kappa shape index (κ3) is 7.87. The highest BCUT2D eigenvalue weighted by Gasteiger charge is 2.30. The minimum absolute atomic E-state index is 0.0397. The lowest BCUT2D eigenvalue weighted by atomic mass is 9.95. The Morgan fingerprint density at radius 1 is 0.882 bits per heavy atom. The van der Waals surface area contributed by atoms with Crippen LogP contribution in [0.4, 0.5) is 5.82 Å². The van der Waals surface area contributed by atoms with Crippen LogP contribution in [0.2, 0.25) is 10.0 Å². The quantitative estimate of drug-likeness (QED) is 0.107. The van der Waals surface area contributed by atoms with Crippen molar-refractivity contribution in [2.24, 2.45) is 0 Å². The van der Waals surface area contributed by atoms with Gasteiger partial charge < -0.3 is 35.6 Å². The number of hydrogen-bond donors (Lipinski definition) is 5. The SMILES string of the molecule is COc1nc(O[C@H]2CCc3c(-c4cccc(C(=O)Nc5ccc(CN[C@@H]6CCC[C@@H]6O)cn5)c4Cl)cccc32)c(Cl)cc1CN[C@@H]1CCC[C@@H]1O. The number of pyridine rings is 2. The van der Waals surface area contributed by atoms with E-state index in [1.54, 1.807) is 25.4 Å². The maximum absolute atomic E-state index is 13.4. The summed E-state index contributed by atoms with van der Waals surface area (Å²) in [6, 6.07) is 17.1. The molecule has 7 rings (SSSR count). The summed E-state index contributed by atoms with van der Waals surface area (Å²) in [6.45, 7) is 1.07. The zero-order valence-electron chi connectivity index (χ0n) is 28.5. The van der Waals surface area contributed by atoms with Crippen LogP contribution in [0.1, 0.15) is 83.7 Å². The molecule has 3 aliphatic carbocycles. The highest BCUT2D eigenvalue weighted by atomic mass is 35.5. The first-order valence-corrected chi connectivity index (χ1v) is 18.4. The number of carbonyl (C=O) groups excluding carboxylic acids is 1. The van der Waals surface area contributed by atoms with Gasteiger partial charge in [-0.05, 0) is 91.8 Å². The van der Waals surface area contributed by atoms with E-state index >= 15 is 0 Å². The average Bonchev–Trinajstić information content (AvgIpc) is 3.87. The van der Waals surface area contributed by atoms with Crippen LogP contribution in [0.25, 0.3) is 11.1 Å². The van der Waals surface area contributed by atoms with Crippen molar-refractivity contribution < 1.29 is 24.5 Å². The Bertz CT molecular complexity index is 1880. The fourth-order valence-corrected chi connectivity index (χ4v) is 8.09. The van der Waals surface area contributed by atoms with Crippen molar-refractivity contribution in [3.05, 3.63) is 98.7 Å². The predicted octanol–water partition coefficient (Wildman–Crippen LogP) is 6.78. The molecule has 2 saturated carbocycles. The first-order valence-electron chi connectivity index (χ1n) is 17.7. The molecule has 51 heavy (non-hydrogen) atoms. The van der Waals surface area contributed by atoms with E-state index in [2.05, 4.69) is 25.9 Å². The van der Waals surface area contributed by atoms with Gasteiger partial charge in [0.05, 0.1) is 29.9 Å². The molecule has 4 aromatic rings. The molecule has 5 N–H and O–H groups in total. The number of amides is 1. The Hall–Kier alpha value is -3.77. The summed E-state index contributed by atoms with van der Waals surface area (Å²) in [5.41, 5.74) is 5.91. The first kappa shape index (κ1) is 35.6. The maximum Gasteiger partial charge on any atom is 0.258 e. The van der Waals surface area contributed by atoms with Crippen LogP contribution in [0, 0.1) is 0 Å². The second kappa shape index (κ2) is 15.9. The van der Waals surface area contributed by atoms with E-state index in [-0.39, 0.29) is 36.3 Å². The molecule has 1 amide bonds. The molecular formula is C39H43Cl2N5O5. The van der Waals surface area contributed by atoms with Crippen LogP contribution in [-0.4, -0.2) is 57.5 Å². The van der Waals surface area contributed by atoms with Crippen LogP contribution in [-0.2, 0) is 19.5 Å². The molecule has 12 heteroatoms. The van der Waals surface area contributed by atoms with Gasteiger partial charge in [0.1, 0.15) is 16.9 Å². The Morgan fingerprint density at radius 3 is 2.29 bits per heavy atom. The number of fused-ring (bicyclic) bond motifs is 1. The summed E-state index contributed by atoms with van der Waals surface area (Å²) >= 11 is 13.7. The smallest absolute Gasteiger partial charge is 0.258 e. The number of anilines is 1. The maximum atomic E-state index is 13.4. The van der Waals surface area contributed by atoms with Crippen molar-refractivity contribution in [3.63, 3.8) is 0 Å². The molecule has 268 valence electrons. The number of nitrogens with zero attached hydrogens (tertiary/aromatic N) is 2. The summed E-state index contributed by atoms with van der Waals surface area (Å²) < 4.78 is 12.0. The number of halogens is 2. The van der Waals surface area contributed by atoms with E-state index in [0.717, 1.165) is 78.3 Å². The fourth-order valence-electron chi connectivity index (χ4n) is 7.55. The zero-order valence-corrected chi connectivity index (χ0v) is 30.0. The summed E-state index contributed by atoms with van der Waals surface area (Å²) in [5, 5.41) is 30.7. The number of nitrogens with one attached hydrogen (secondary N) is 3. The third-order valence-corrected chi connectivity index (χ3v) is 11.0. The summed E-state index contributed by atoms with van der Waals surface area (Å²) in [4.78, 5) is 22.5. The second-order valence-electron chi connectivity index (χ2n) is 13.6. The molecule has 5 atom stereocenters. The first-order chi connectivity index (χ1) is 24.8. The predicted molar refractivity (Wildman–Crippen MR) is 198 cm³/mol. The second-order valence-corrected chi connectivity index (χ2v) is 14.4. The number of benzene rings is 2. The topological polar surface area (TPSA) is 138 Å². The third-order valence-electron chi connectivity index (χ3n) is 10.3. The van der Waals surface area contributed by atoms with E-state index < -0.39 is 0 Å². The van der Waals surface area contributed by atoms with E-state index in [9.17, 15) is 15.0 Å². The van der Waals surface area contributed by atoms with Gasteiger partial charge in [-0.15, -0.1) is 0 Å². The van der Waals surface area contributed by atoms with E-state index in [0.29, 0.717) is 52.7 Å². The molecule has 0 spiro atoms. The largest absolute Gasteiger partial charge is 0.481 e. The number of methoxy groups -OCH3 is 1. The van der Waals surface area contributed by atoms with Crippen LogP contribution in [0.3, 0.4) is 0 Å². The summed E-state index contributed by atoms with van der Waals surface area (Å²) in [6.07, 6.45) is 7.79. The number of hydrogen-bond acceptors (Lipinski definition) is 9. The van der Waals surface area contributed by atoms with E-state index in [1.165, 1.54) is 0 Å². The van der Waals surface area contributed by atoms with Gasteiger partial charge in [-0.3, -0.25) is 4.79 Å². The zero-order chi connectivity index (χ0) is 35.5. The molecule has 2 fully saturated rings. The number of rotatable bonds is 12.